The summed E-state index contributed by atoms with van der Waals surface area (Å²) in [6.07, 6.45) is 0.630. The highest BCUT2D eigenvalue weighted by Crippen LogP contribution is 2.30. The summed E-state index contributed by atoms with van der Waals surface area (Å²) in [4.78, 5) is 0. The topological polar surface area (TPSA) is 53.8 Å². The van der Waals surface area contributed by atoms with E-state index in [0.717, 1.165) is 11.3 Å². The molecule has 0 saturated carbocycles. The van der Waals surface area contributed by atoms with Crippen molar-refractivity contribution in [2.75, 3.05) is 7.11 Å². The standard InChI is InChI=1S/C16H15FN2O2/c1-21-12-6-7-13(16(20)8-12)15-9-14(18-19-15)10-2-4-11(17)5-3-10/h2-8,14,18,20H,9H2,1H3. The van der Waals surface area contributed by atoms with E-state index in [1.165, 1.54) is 12.1 Å². The molecule has 0 saturated heterocycles. The van der Waals surface area contributed by atoms with Crippen LogP contribution in [-0.4, -0.2) is 17.9 Å². The zero-order valence-electron chi connectivity index (χ0n) is 11.5. The molecule has 1 atom stereocenters. The van der Waals surface area contributed by atoms with Crippen LogP contribution in [0, 0.1) is 5.82 Å². The fourth-order valence-electron chi connectivity index (χ4n) is 2.38. The molecule has 2 aromatic carbocycles. The van der Waals surface area contributed by atoms with E-state index in [4.69, 9.17) is 4.74 Å². The van der Waals surface area contributed by atoms with E-state index in [1.807, 2.05) is 0 Å². The summed E-state index contributed by atoms with van der Waals surface area (Å²) in [5, 5.41) is 14.3. The predicted molar refractivity (Wildman–Crippen MR) is 78.1 cm³/mol. The molecule has 0 aromatic heterocycles. The van der Waals surface area contributed by atoms with E-state index in [9.17, 15) is 9.50 Å². The Morgan fingerprint density at radius 3 is 2.67 bits per heavy atom. The number of hydrogen-bond acceptors (Lipinski definition) is 4. The lowest BCUT2D eigenvalue weighted by atomic mass is 9.98. The lowest BCUT2D eigenvalue weighted by molar-refractivity contribution is 0.407. The smallest absolute Gasteiger partial charge is 0.128 e. The summed E-state index contributed by atoms with van der Waals surface area (Å²) >= 11 is 0. The lowest BCUT2D eigenvalue weighted by Crippen LogP contribution is -2.09. The van der Waals surface area contributed by atoms with E-state index >= 15 is 0 Å². The van der Waals surface area contributed by atoms with Crippen molar-refractivity contribution >= 4 is 5.71 Å². The first-order valence-electron chi connectivity index (χ1n) is 6.62. The summed E-state index contributed by atoms with van der Waals surface area (Å²) in [7, 11) is 1.55. The molecule has 2 N–H and O–H groups in total. The van der Waals surface area contributed by atoms with Gasteiger partial charge < -0.3 is 15.3 Å². The summed E-state index contributed by atoms with van der Waals surface area (Å²) in [6, 6.07) is 11.4. The molecule has 0 radical (unpaired) electrons. The highest BCUT2D eigenvalue weighted by molar-refractivity contribution is 6.04. The second-order valence-corrected chi connectivity index (χ2v) is 4.88. The highest BCUT2D eigenvalue weighted by Gasteiger charge is 2.23. The maximum Gasteiger partial charge on any atom is 0.128 e. The molecule has 0 amide bonds. The molecule has 21 heavy (non-hydrogen) atoms. The van der Waals surface area contributed by atoms with E-state index in [2.05, 4.69) is 10.5 Å². The van der Waals surface area contributed by atoms with Crippen molar-refractivity contribution in [3.63, 3.8) is 0 Å². The number of hydrazone groups is 1. The van der Waals surface area contributed by atoms with Gasteiger partial charge in [0.25, 0.3) is 0 Å². The van der Waals surface area contributed by atoms with Gasteiger partial charge in [0.05, 0.1) is 18.9 Å². The Kier molecular flexibility index (Phi) is 3.48. The van der Waals surface area contributed by atoms with Gasteiger partial charge in [-0.15, -0.1) is 0 Å². The average molecular weight is 286 g/mol. The second kappa shape index (κ2) is 5.44. The van der Waals surface area contributed by atoms with Crippen LogP contribution in [0.25, 0.3) is 0 Å². The van der Waals surface area contributed by atoms with Gasteiger partial charge in [-0.25, -0.2) is 4.39 Å². The summed E-state index contributed by atoms with van der Waals surface area (Å²) in [6.45, 7) is 0. The number of nitrogens with one attached hydrogen (secondary N) is 1. The molecule has 0 bridgehead atoms. The Bertz CT molecular complexity index is 683. The molecule has 0 aliphatic carbocycles. The van der Waals surface area contributed by atoms with Crippen LogP contribution in [-0.2, 0) is 0 Å². The van der Waals surface area contributed by atoms with E-state index in [-0.39, 0.29) is 17.6 Å². The molecule has 2 aromatic rings. The number of halogens is 1. The van der Waals surface area contributed by atoms with E-state index < -0.39 is 0 Å². The van der Waals surface area contributed by atoms with Crippen molar-refractivity contribution in [2.45, 2.75) is 12.5 Å². The van der Waals surface area contributed by atoms with Crippen molar-refractivity contribution in [3.8, 4) is 11.5 Å². The van der Waals surface area contributed by atoms with E-state index in [1.54, 1.807) is 37.4 Å². The maximum atomic E-state index is 12.9. The number of aromatic hydroxyl groups is 1. The number of rotatable bonds is 3. The Morgan fingerprint density at radius 1 is 1.24 bits per heavy atom. The molecular weight excluding hydrogens is 271 g/mol. The Balaban J connectivity index is 1.79. The van der Waals surface area contributed by atoms with Gasteiger partial charge in [0, 0.05) is 18.1 Å². The van der Waals surface area contributed by atoms with Gasteiger partial charge in [0.15, 0.2) is 0 Å². The number of phenols is 1. The SMILES string of the molecule is COc1ccc(C2=NNC(c3ccc(F)cc3)C2)c(O)c1. The highest BCUT2D eigenvalue weighted by atomic mass is 19.1. The van der Waals surface area contributed by atoms with Gasteiger partial charge in [0.2, 0.25) is 0 Å². The number of ether oxygens (including phenoxy) is 1. The molecule has 1 unspecified atom stereocenters. The van der Waals surface area contributed by atoms with Gasteiger partial charge in [-0.2, -0.15) is 5.10 Å². The summed E-state index contributed by atoms with van der Waals surface area (Å²) in [5.41, 5.74) is 5.42. The minimum atomic E-state index is -0.259. The number of benzene rings is 2. The van der Waals surface area contributed by atoms with Gasteiger partial charge >= 0.3 is 0 Å². The van der Waals surface area contributed by atoms with Crippen molar-refractivity contribution in [1.82, 2.24) is 5.43 Å². The van der Waals surface area contributed by atoms with Crippen molar-refractivity contribution in [3.05, 3.63) is 59.4 Å². The molecule has 1 heterocycles. The van der Waals surface area contributed by atoms with Crippen LogP contribution >= 0.6 is 0 Å². The third-order valence-electron chi connectivity index (χ3n) is 3.54. The Labute approximate surface area is 121 Å². The first kappa shape index (κ1) is 13.4. The zero-order valence-corrected chi connectivity index (χ0v) is 11.5. The minimum absolute atomic E-state index is 0.0119. The zero-order chi connectivity index (χ0) is 14.8. The van der Waals surface area contributed by atoms with Crippen molar-refractivity contribution in [1.29, 1.82) is 0 Å². The fourth-order valence-corrected chi connectivity index (χ4v) is 2.38. The number of hydrogen-bond donors (Lipinski definition) is 2. The van der Waals surface area contributed by atoms with Gasteiger partial charge in [-0.3, -0.25) is 0 Å². The normalized spacial score (nSPS) is 17.2. The average Bonchev–Trinajstić information content (AvgIpc) is 2.97. The molecule has 1 aliphatic rings. The lowest BCUT2D eigenvalue weighted by Gasteiger charge is -2.10. The van der Waals surface area contributed by atoms with Crippen molar-refractivity contribution in [2.24, 2.45) is 5.10 Å². The predicted octanol–water partition coefficient (Wildman–Crippen LogP) is 2.98. The molecule has 1 aliphatic heterocycles. The van der Waals surface area contributed by atoms with Crippen LogP contribution in [0.5, 0.6) is 11.5 Å². The summed E-state index contributed by atoms with van der Waals surface area (Å²) in [5.74, 6) is 0.471. The van der Waals surface area contributed by atoms with Crippen LogP contribution < -0.4 is 10.2 Å². The van der Waals surface area contributed by atoms with E-state index in [0.29, 0.717) is 17.7 Å². The number of phenolic OH excluding ortho intramolecular Hbond substituents is 1. The molecule has 4 nitrogen and oxygen atoms in total. The van der Waals surface area contributed by atoms with Crippen molar-refractivity contribution < 1.29 is 14.2 Å². The maximum absolute atomic E-state index is 12.9. The fraction of sp³-hybridized carbons (Fsp3) is 0.188. The molecule has 0 spiro atoms. The van der Waals surface area contributed by atoms with Crippen LogP contribution in [0.3, 0.4) is 0 Å². The monoisotopic (exact) mass is 286 g/mol. The van der Waals surface area contributed by atoms with Crippen LogP contribution in [0.1, 0.15) is 23.6 Å². The third-order valence-corrected chi connectivity index (χ3v) is 3.54. The summed E-state index contributed by atoms with van der Waals surface area (Å²) < 4.78 is 18.0. The van der Waals surface area contributed by atoms with Crippen LogP contribution in [0.15, 0.2) is 47.6 Å². The molecule has 108 valence electrons. The Morgan fingerprint density at radius 2 is 2.00 bits per heavy atom. The minimum Gasteiger partial charge on any atom is -0.507 e. The Hall–Kier alpha value is -2.56. The largest absolute Gasteiger partial charge is 0.507 e. The van der Waals surface area contributed by atoms with Gasteiger partial charge in [0.1, 0.15) is 17.3 Å². The first-order chi connectivity index (χ1) is 10.2. The van der Waals surface area contributed by atoms with Crippen LogP contribution in [0.4, 0.5) is 4.39 Å². The van der Waals surface area contributed by atoms with Crippen LogP contribution in [0.2, 0.25) is 0 Å². The van der Waals surface area contributed by atoms with Gasteiger partial charge in [-0.05, 0) is 29.8 Å². The second-order valence-electron chi connectivity index (χ2n) is 4.88. The van der Waals surface area contributed by atoms with Gasteiger partial charge in [-0.1, -0.05) is 12.1 Å². The molecule has 3 rings (SSSR count). The quantitative estimate of drug-likeness (QED) is 0.912. The first-order valence-corrected chi connectivity index (χ1v) is 6.62. The number of nitrogens with zero attached hydrogens (tertiary/aromatic N) is 1. The third kappa shape index (κ3) is 2.67. The molecular formula is C16H15FN2O2. The molecule has 0 fully saturated rings. The molecule has 5 heteroatoms. The number of methoxy groups -OCH3 is 1.